The summed E-state index contributed by atoms with van der Waals surface area (Å²) < 4.78 is 10.6. The number of carbonyl (C=O) groups excluding carboxylic acids is 1. The minimum Gasteiger partial charge on any atom is -0.461 e. The van der Waals surface area contributed by atoms with Crippen molar-refractivity contribution in [1.29, 1.82) is 0 Å². The Kier molecular flexibility index (Phi) is 3.47. The summed E-state index contributed by atoms with van der Waals surface area (Å²) in [5.41, 5.74) is 0. The van der Waals surface area contributed by atoms with Crippen molar-refractivity contribution in [3.63, 3.8) is 0 Å². The highest BCUT2D eigenvalue weighted by Crippen LogP contribution is 2.33. The second kappa shape index (κ2) is 4.69. The van der Waals surface area contributed by atoms with E-state index in [1.807, 2.05) is 0 Å². The van der Waals surface area contributed by atoms with Crippen molar-refractivity contribution in [2.45, 2.75) is 44.1 Å². The normalized spacial score (nSPS) is 39.4. The zero-order valence-electron chi connectivity index (χ0n) is 9.76. The number of hydrogen-bond donors (Lipinski definition) is 1. The Balaban J connectivity index is 1.86. The first-order valence-corrected chi connectivity index (χ1v) is 5.78. The summed E-state index contributed by atoms with van der Waals surface area (Å²) in [5.74, 6) is -0.530. The molecule has 2 rings (SSSR count). The molecule has 2 saturated heterocycles. The fourth-order valence-corrected chi connectivity index (χ4v) is 2.40. The topological polar surface area (TPSA) is 62.3 Å². The fourth-order valence-electron chi connectivity index (χ4n) is 2.40. The number of likely N-dealkylation sites (N-methyl/N-ethyl adjacent to an activating group) is 1. The predicted octanol–water partition coefficient (Wildman–Crippen LogP) is -0.228. The van der Waals surface area contributed by atoms with Gasteiger partial charge in [0, 0.05) is 19.0 Å². The summed E-state index contributed by atoms with van der Waals surface area (Å²) in [7, 11) is 2.07. The van der Waals surface area contributed by atoms with Crippen LogP contribution in [0.1, 0.15) is 19.8 Å². The monoisotopic (exact) mass is 229 g/mol. The van der Waals surface area contributed by atoms with E-state index in [1.165, 1.54) is 0 Å². The van der Waals surface area contributed by atoms with Crippen LogP contribution in [0, 0.1) is 0 Å². The molecular formula is C11H19NO4. The van der Waals surface area contributed by atoms with E-state index in [1.54, 1.807) is 0 Å². The molecule has 4 atom stereocenters. The van der Waals surface area contributed by atoms with Crippen molar-refractivity contribution < 1.29 is 19.4 Å². The molecule has 0 radical (unpaired) electrons. The van der Waals surface area contributed by atoms with E-state index in [0.717, 1.165) is 19.4 Å². The van der Waals surface area contributed by atoms with Crippen molar-refractivity contribution in [1.82, 2.24) is 4.90 Å². The quantitative estimate of drug-likeness (QED) is 0.535. The van der Waals surface area contributed by atoms with Gasteiger partial charge >= 0.3 is 5.97 Å². The summed E-state index contributed by atoms with van der Waals surface area (Å²) in [4.78, 5) is 13.3. The Bertz CT molecular complexity index is 269. The summed E-state index contributed by atoms with van der Waals surface area (Å²) >= 11 is 0. The molecule has 0 saturated carbocycles. The van der Waals surface area contributed by atoms with Crippen molar-refractivity contribution in [3.05, 3.63) is 0 Å². The molecular weight excluding hydrogens is 210 g/mol. The highest BCUT2D eigenvalue weighted by atomic mass is 16.6. The second-order valence-corrected chi connectivity index (χ2v) is 4.65. The Morgan fingerprint density at radius 3 is 2.88 bits per heavy atom. The van der Waals surface area contributed by atoms with E-state index >= 15 is 0 Å². The molecule has 0 aromatic carbocycles. The Labute approximate surface area is 95.3 Å². The van der Waals surface area contributed by atoms with E-state index in [2.05, 4.69) is 18.9 Å². The molecule has 0 amide bonds. The van der Waals surface area contributed by atoms with Gasteiger partial charge < -0.3 is 19.5 Å². The van der Waals surface area contributed by atoms with Gasteiger partial charge in [-0.05, 0) is 20.4 Å². The summed E-state index contributed by atoms with van der Waals surface area (Å²) in [6.45, 7) is 2.43. The molecule has 0 spiro atoms. The molecule has 0 aromatic heterocycles. The molecule has 1 N–H and O–H groups in total. The van der Waals surface area contributed by atoms with Gasteiger partial charge in [-0.1, -0.05) is 0 Å². The molecule has 16 heavy (non-hydrogen) atoms. The number of aliphatic hydroxyl groups excluding tert-OH is 1. The van der Waals surface area contributed by atoms with Crippen LogP contribution in [-0.2, 0) is 14.3 Å². The van der Waals surface area contributed by atoms with Gasteiger partial charge in [0.05, 0.1) is 12.2 Å². The molecule has 0 bridgehead atoms. The molecule has 2 aliphatic rings. The van der Waals surface area contributed by atoms with Crippen LogP contribution in [0.3, 0.4) is 0 Å². The van der Waals surface area contributed by atoms with Gasteiger partial charge in [0.1, 0.15) is 12.7 Å². The smallest absolute Gasteiger partial charge is 0.332 e. The Morgan fingerprint density at radius 1 is 1.62 bits per heavy atom. The van der Waals surface area contributed by atoms with Crippen molar-refractivity contribution in [3.8, 4) is 0 Å². The molecule has 3 unspecified atom stereocenters. The van der Waals surface area contributed by atoms with Gasteiger partial charge in [-0.25, -0.2) is 4.79 Å². The molecule has 0 aromatic rings. The number of nitrogens with zero attached hydrogens (tertiary/aromatic N) is 1. The number of aliphatic hydroxyl groups is 1. The Hall–Kier alpha value is -0.650. The van der Waals surface area contributed by atoms with Gasteiger partial charge in [0.25, 0.3) is 0 Å². The minimum absolute atomic E-state index is 0.0720. The van der Waals surface area contributed by atoms with E-state index in [4.69, 9.17) is 14.6 Å². The number of carbonyl (C=O) groups is 1. The maximum absolute atomic E-state index is 11.0. The number of esters is 1. The molecule has 2 aliphatic heterocycles. The molecule has 0 aliphatic carbocycles. The third-order valence-corrected chi connectivity index (χ3v) is 3.44. The molecule has 92 valence electrons. The zero-order valence-corrected chi connectivity index (χ0v) is 9.76. The zero-order chi connectivity index (χ0) is 11.7. The van der Waals surface area contributed by atoms with Crippen LogP contribution < -0.4 is 0 Å². The number of likely N-dealkylation sites (tertiary alicyclic amines) is 1. The standard InChI is InChI=1S/C11H19NO4/c1-7-11(15-7)9-5-8(3-4-12(9)2)16-10(14)6-13/h7-9,11,13H,3-6H2,1-2H3/t7?,8-,9?,11?/m1/s1. The van der Waals surface area contributed by atoms with Gasteiger partial charge in [-0.3, -0.25) is 0 Å². The molecule has 2 heterocycles. The molecule has 2 fully saturated rings. The first kappa shape index (κ1) is 11.8. The van der Waals surface area contributed by atoms with Crippen LogP contribution in [-0.4, -0.2) is 60.5 Å². The van der Waals surface area contributed by atoms with Crippen molar-refractivity contribution in [2.24, 2.45) is 0 Å². The van der Waals surface area contributed by atoms with Crippen LogP contribution >= 0.6 is 0 Å². The maximum Gasteiger partial charge on any atom is 0.332 e. The SMILES string of the molecule is CC1OC1C1C[C@H](OC(=O)CO)CCN1C. The molecule has 5 nitrogen and oxygen atoms in total. The van der Waals surface area contributed by atoms with Gasteiger partial charge in [0.15, 0.2) is 0 Å². The lowest BCUT2D eigenvalue weighted by molar-refractivity contribution is -0.155. The van der Waals surface area contributed by atoms with Crippen LogP contribution in [0.2, 0.25) is 0 Å². The van der Waals surface area contributed by atoms with Crippen LogP contribution in [0.5, 0.6) is 0 Å². The van der Waals surface area contributed by atoms with Crippen LogP contribution in [0.25, 0.3) is 0 Å². The number of hydrogen-bond acceptors (Lipinski definition) is 5. The number of rotatable bonds is 3. The summed E-state index contributed by atoms with van der Waals surface area (Å²) in [6.07, 6.45) is 2.16. The van der Waals surface area contributed by atoms with E-state index in [-0.39, 0.29) is 12.2 Å². The largest absolute Gasteiger partial charge is 0.461 e. The lowest BCUT2D eigenvalue weighted by Crippen LogP contribution is -2.46. The maximum atomic E-state index is 11.0. The second-order valence-electron chi connectivity index (χ2n) is 4.65. The van der Waals surface area contributed by atoms with Gasteiger partial charge in [0.2, 0.25) is 0 Å². The van der Waals surface area contributed by atoms with Crippen LogP contribution in [0.4, 0.5) is 0 Å². The van der Waals surface area contributed by atoms with Crippen molar-refractivity contribution >= 4 is 5.97 Å². The van der Waals surface area contributed by atoms with E-state index in [9.17, 15) is 4.79 Å². The third kappa shape index (κ3) is 2.53. The Morgan fingerprint density at radius 2 is 2.31 bits per heavy atom. The fraction of sp³-hybridized carbons (Fsp3) is 0.909. The van der Waals surface area contributed by atoms with E-state index < -0.39 is 12.6 Å². The lowest BCUT2D eigenvalue weighted by atomic mass is 9.96. The summed E-state index contributed by atoms with van der Waals surface area (Å²) in [5, 5.41) is 8.64. The predicted molar refractivity (Wildman–Crippen MR) is 57.0 cm³/mol. The first-order valence-electron chi connectivity index (χ1n) is 5.78. The number of epoxide rings is 1. The average Bonchev–Trinajstić information content (AvgIpc) is 2.98. The minimum atomic E-state index is -0.534. The highest BCUT2D eigenvalue weighted by Gasteiger charge is 2.45. The highest BCUT2D eigenvalue weighted by molar-refractivity contribution is 5.70. The average molecular weight is 229 g/mol. The van der Waals surface area contributed by atoms with Gasteiger partial charge in [-0.2, -0.15) is 0 Å². The van der Waals surface area contributed by atoms with Gasteiger partial charge in [-0.15, -0.1) is 0 Å². The summed E-state index contributed by atoms with van der Waals surface area (Å²) in [6, 6.07) is 0.334. The number of ether oxygens (including phenoxy) is 2. The molecule has 5 heteroatoms. The lowest BCUT2D eigenvalue weighted by Gasteiger charge is -2.35. The number of piperidine rings is 1. The third-order valence-electron chi connectivity index (χ3n) is 3.44. The first-order chi connectivity index (χ1) is 7.61. The van der Waals surface area contributed by atoms with E-state index in [0.29, 0.717) is 12.1 Å². The van der Waals surface area contributed by atoms with Crippen LogP contribution in [0.15, 0.2) is 0 Å². The van der Waals surface area contributed by atoms with Crippen molar-refractivity contribution in [2.75, 3.05) is 20.2 Å².